The van der Waals surface area contributed by atoms with Crippen LogP contribution in [-0.2, 0) is 25.5 Å². The number of ether oxygens (including phenoxy) is 8. The number of aliphatic hydroxyl groups is 4. The molecule has 9 rings (SSSR count). The van der Waals surface area contributed by atoms with E-state index in [-0.39, 0.29) is 39.6 Å². The predicted octanol–water partition coefficient (Wildman–Crippen LogP) is 13.2. The van der Waals surface area contributed by atoms with Crippen LogP contribution in [-0.4, -0.2) is 103 Å². The zero-order chi connectivity index (χ0) is 61.6. The molecule has 9 aromatic rings. The Kier molecular flexibility index (Phi) is 23.4. The lowest BCUT2D eigenvalue weighted by atomic mass is 9.79. The fraction of sp³-hybridized carbons (Fsp3) is 0.260. The first-order valence-electron chi connectivity index (χ1n) is 28.1. The van der Waals surface area contributed by atoms with Crippen molar-refractivity contribution in [2.75, 3.05) is 82.3 Å². The summed E-state index contributed by atoms with van der Waals surface area (Å²) >= 11 is 7.22. The van der Waals surface area contributed by atoms with E-state index >= 15 is 0 Å². The van der Waals surface area contributed by atoms with Gasteiger partial charge in [-0.15, -0.1) is 11.6 Å². The predicted molar refractivity (Wildman–Crippen MR) is 339 cm³/mol. The summed E-state index contributed by atoms with van der Waals surface area (Å²) in [6.07, 6.45) is 0. The largest absolute Gasteiger partial charge is 0.497 e. The Hall–Kier alpha value is -8.17. The van der Waals surface area contributed by atoms with Gasteiger partial charge in [0.15, 0.2) is 0 Å². The molecule has 0 unspecified atom stereocenters. The average Bonchev–Trinajstić information content (AvgIpc) is 1.23. The van der Waals surface area contributed by atoms with Crippen LogP contribution in [0.3, 0.4) is 0 Å². The van der Waals surface area contributed by atoms with E-state index in [1.54, 1.807) is 49.6 Å². The van der Waals surface area contributed by atoms with Crippen LogP contribution in [0, 0.1) is 10.8 Å². The summed E-state index contributed by atoms with van der Waals surface area (Å²) in [6, 6.07) is 77.8. The second kappa shape index (κ2) is 30.8. The van der Waals surface area contributed by atoms with Crippen LogP contribution in [0.4, 0.5) is 0 Å². The minimum absolute atomic E-state index is 0.131. The summed E-state index contributed by atoms with van der Waals surface area (Å²) in [4.78, 5) is -0.778. The molecule has 0 saturated heterocycles. The van der Waals surface area contributed by atoms with E-state index in [0.717, 1.165) is 84.6 Å². The molecule has 12 nitrogen and oxygen atoms in total. The van der Waals surface area contributed by atoms with Crippen molar-refractivity contribution in [1.82, 2.24) is 0 Å². The highest BCUT2D eigenvalue weighted by Gasteiger charge is 2.44. The number of alkyl halides is 1. The standard InChI is InChI=1S/C47H48O7.C21H19ClO2.C5H12O3/c1-45(32-48,33-53-46(35-12-8-6-9-13-35,37-16-24-41(49-2)25-17-37)38-18-26-42(50-3)27-19-38)34-54-47(36-14-10-7-11-15-36,39-20-28-43(51-4)29-21-39)40-22-30-44(52-5)31-23-40;1-23-19-12-8-17(9-13-19)21(22,16-6-4-3-5-7-16)18-10-14-20(24-2)15-11-18;1-5(2-6,3-7)4-8/h6-31,48H,32-34H2,1-5H3;3-15H,1-2H3;6-8H,2-4H2,1H3. The van der Waals surface area contributed by atoms with Gasteiger partial charge in [-0.2, -0.15) is 0 Å². The molecular weight excluding hydrogens is 1100 g/mol. The van der Waals surface area contributed by atoms with Gasteiger partial charge in [0.05, 0.1) is 82.3 Å². The highest BCUT2D eigenvalue weighted by molar-refractivity contribution is 6.28. The molecule has 0 saturated carbocycles. The second-order valence-electron chi connectivity index (χ2n) is 21.3. The fourth-order valence-electron chi connectivity index (χ4n) is 9.81. The van der Waals surface area contributed by atoms with Crippen LogP contribution in [0.15, 0.2) is 237 Å². The van der Waals surface area contributed by atoms with E-state index in [0.29, 0.717) is 0 Å². The van der Waals surface area contributed by atoms with E-state index in [9.17, 15) is 5.11 Å². The molecule has 13 heteroatoms. The minimum Gasteiger partial charge on any atom is -0.497 e. The van der Waals surface area contributed by atoms with Crippen molar-refractivity contribution >= 4 is 11.6 Å². The van der Waals surface area contributed by atoms with Gasteiger partial charge >= 0.3 is 0 Å². The van der Waals surface area contributed by atoms with Crippen molar-refractivity contribution < 1.29 is 58.3 Å². The Morgan fingerprint density at radius 1 is 0.267 bits per heavy atom. The molecule has 0 bridgehead atoms. The van der Waals surface area contributed by atoms with Gasteiger partial charge in [-0.05, 0) is 123 Å². The van der Waals surface area contributed by atoms with E-state index < -0.39 is 26.9 Å². The molecule has 0 atom stereocenters. The van der Waals surface area contributed by atoms with Crippen LogP contribution in [0.2, 0.25) is 0 Å². The third-order valence-electron chi connectivity index (χ3n) is 15.3. The maximum absolute atomic E-state index is 11.2. The molecule has 4 N–H and O–H groups in total. The van der Waals surface area contributed by atoms with Crippen LogP contribution < -0.4 is 28.4 Å². The summed E-state index contributed by atoms with van der Waals surface area (Å²) in [6.45, 7) is 3.11. The zero-order valence-corrected chi connectivity index (χ0v) is 50.9. The van der Waals surface area contributed by atoms with E-state index in [1.807, 2.05) is 219 Å². The summed E-state index contributed by atoms with van der Waals surface area (Å²) in [5.41, 5.74) is 4.71. The van der Waals surface area contributed by atoms with Crippen LogP contribution >= 0.6 is 11.6 Å². The van der Waals surface area contributed by atoms with Gasteiger partial charge in [-0.25, -0.2) is 0 Å². The molecule has 0 aromatic heterocycles. The molecule has 0 fully saturated rings. The normalized spacial score (nSPS) is 11.7. The van der Waals surface area contributed by atoms with Crippen LogP contribution in [0.5, 0.6) is 34.5 Å². The highest BCUT2D eigenvalue weighted by atomic mass is 35.5. The van der Waals surface area contributed by atoms with Crippen molar-refractivity contribution in [3.05, 3.63) is 287 Å². The molecule has 0 aliphatic rings. The lowest BCUT2D eigenvalue weighted by Crippen LogP contribution is -2.43. The molecule has 9 aromatic carbocycles. The van der Waals surface area contributed by atoms with Gasteiger partial charge in [-0.1, -0.05) is 178 Å². The van der Waals surface area contributed by atoms with Crippen molar-refractivity contribution in [2.24, 2.45) is 10.8 Å². The summed E-state index contributed by atoms with van der Waals surface area (Å²) in [7, 11) is 9.92. The number of methoxy groups -OCH3 is 6. The lowest BCUT2D eigenvalue weighted by molar-refractivity contribution is -0.107. The number of hydrogen-bond acceptors (Lipinski definition) is 12. The number of benzene rings is 9. The first-order valence-corrected chi connectivity index (χ1v) is 28.5. The molecule has 450 valence electrons. The Morgan fingerprint density at radius 2 is 0.453 bits per heavy atom. The smallest absolute Gasteiger partial charge is 0.143 e. The molecule has 0 spiro atoms. The van der Waals surface area contributed by atoms with Crippen molar-refractivity contribution in [2.45, 2.75) is 29.9 Å². The molecule has 0 aliphatic carbocycles. The topological polar surface area (TPSA) is 155 Å². The molecule has 0 aliphatic heterocycles. The first-order chi connectivity index (χ1) is 41.7. The third kappa shape index (κ3) is 15.1. The SMILES string of the molecule is CC(CO)(CO)CO.COc1ccc(C(Cl)(c2ccccc2)c2ccc(OC)cc2)cc1.COc1ccc(C(OCC(C)(CO)COC(c2ccccc2)(c2ccc(OC)cc2)c2ccc(OC)cc2)(c2ccccc2)c2ccc(OC)cc2)cc1. The average molecular weight is 1180 g/mol. The van der Waals surface area contributed by atoms with Gasteiger partial charge < -0.3 is 58.3 Å². The van der Waals surface area contributed by atoms with Gasteiger partial charge in [0.25, 0.3) is 0 Å². The van der Waals surface area contributed by atoms with Gasteiger partial charge in [0.2, 0.25) is 0 Å². The molecular formula is C73H79ClO12. The maximum Gasteiger partial charge on any atom is 0.143 e. The zero-order valence-electron chi connectivity index (χ0n) is 50.2. The number of aliphatic hydroxyl groups excluding tert-OH is 4. The van der Waals surface area contributed by atoms with Crippen molar-refractivity contribution in [1.29, 1.82) is 0 Å². The quantitative estimate of drug-likeness (QED) is 0.0318. The minimum atomic E-state index is -1.07. The van der Waals surface area contributed by atoms with E-state index in [2.05, 4.69) is 24.3 Å². The van der Waals surface area contributed by atoms with E-state index in [4.69, 9.17) is 64.8 Å². The summed E-state index contributed by atoms with van der Waals surface area (Å²) in [5.74, 6) is 4.55. The molecule has 86 heavy (non-hydrogen) atoms. The Balaban J connectivity index is 0.000000271. The fourth-order valence-corrected chi connectivity index (χ4v) is 10.2. The number of hydrogen-bond donors (Lipinski definition) is 4. The second-order valence-corrected chi connectivity index (χ2v) is 21.9. The first kappa shape index (κ1) is 65.4. The number of halogens is 1. The van der Waals surface area contributed by atoms with Crippen molar-refractivity contribution in [3.8, 4) is 34.5 Å². The highest BCUT2D eigenvalue weighted by Crippen LogP contribution is 2.47. The summed E-state index contributed by atoms with van der Waals surface area (Å²) in [5, 5.41) is 36.6. The lowest BCUT2D eigenvalue weighted by Gasteiger charge is -2.42. The van der Waals surface area contributed by atoms with Gasteiger partial charge in [-0.3, -0.25) is 0 Å². The monoisotopic (exact) mass is 1180 g/mol. The van der Waals surface area contributed by atoms with Gasteiger partial charge in [0, 0.05) is 10.8 Å². The van der Waals surface area contributed by atoms with E-state index in [1.165, 1.54) is 0 Å². The molecule has 0 radical (unpaired) electrons. The van der Waals surface area contributed by atoms with Gasteiger partial charge in [0.1, 0.15) is 50.6 Å². The molecule has 0 heterocycles. The Bertz CT molecular complexity index is 3080. The van der Waals surface area contributed by atoms with Crippen molar-refractivity contribution in [3.63, 3.8) is 0 Å². The third-order valence-corrected chi connectivity index (χ3v) is 15.9. The van der Waals surface area contributed by atoms with Crippen LogP contribution in [0.25, 0.3) is 0 Å². The maximum atomic E-state index is 11.2. The van der Waals surface area contributed by atoms with Crippen LogP contribution in [0.1, 0.15) is 63.9 Å². The Morgan fingerprint density at radius 3 is 0.651 bits per heavy atom. The number of rotatable bonds is 25. The molecule has 0 amide bonds. The Labute approximate surface area is 511 Å². The summed E-state index contributed by atoms with van der Waals surface area (Å²) < 4.78 is 47.2.